The average molecular weight is 1000 g/mol. The third-order valence-corrected chi connectivity index (χ3v) is 14.4. The van der Waals surface area contributed by atoms with E-state index >= 15 is 0 Å². The maximum atomic E-state index is 13.0. The van der Waals surface area contributed by atoms with Crippen molar-refractivity contribution >= 4 is 11.9 Å². The van der Waals surface area contributed by atoms with E-state index in [9.17, 15) is 9.59 Å². The number of rotatable bonds is 25. The monoisotopic (exact) mass is 1000 g/mol. The molecule has 72 heavy (non-hydrogen) atoms. The lowest BCUT2D eigenvalue weighted by Gasteiger charge is -2.46. The minimum Gasteiger partial charge on any atom is -0.493 e. The van der Waals surface area contributed by atoms with Gasteiger partial charge in [-0.2, -0.15) is 0 Å². The van der Waals surface area contributed by atoms with Crippen molar-refractivity contribution in [2.24, 2.45) is 0 Å². The van der Waals surface area contributed by atoms with Gasteiger partial charge in [0.2, 0.25) is 17.2 Å². The van der Waals surface area contributed by atoms with Crippen molar-refractivity contribution in [2.45, 2.75) is 50.6 Å². The summed E-state index contributed by atoms with van der Waals surface area (Å²) in [5.74, 6) is 5.18. The van der Waals surface area contributed by atoms with Crippen LogP contribution in [0.3, 0.4) is 0 Å². The number of nitrogens with zero attached hydrogens (tertiary/aromatic N) is 2. The maximum Gasteiger partial charge on any atom is 0.331 e. The van der Waals surface area contributed by atoms with Gasteiger partial charge in [0.05, 0.1) is 143 Å². The van der Waals surface area contributed by atoms with Crippen molar-refractivity contribution < 1.29 is 80.1 Å². The van der Waals surface area contributed by atoms with Crippen molar-refractivity contribution in [1.29, 1.82) is 0 Å². The predicted octanol–water partition coefficient (Wildman–Crippen LogP) is 7.48. The molecule has 2 heterocycles. The summed E-state index contributed by atoms with van der Waals surface area (Å²) in [6.45, 7) is 3.27. The highest BCUT2D eigenvalue weighted by Crippen LogP contribution is 2.52. The topological polar surface area (TPSA) is 154 Å². The number of hydrogen-bond donors (Lipinski definition) is 0. The van der Waals surface area contributed by atoms with Gasteiger partial charge in [0, 0.05) is 50.7 Å². The normalized spacial score (nSPS) is 19.0. The van der Waals surface area contributed by atoms with Crippen molar-refractivity contribution in [3.8, 4) is 63.2 Å². The van der Waals surface area contributed by atoms with Crippen LogP contribution in [0.4, 0.5) is 0 Å². The molecule has 4 aromatic carbocycles. The van der Waals surface area contributed by atoms with Gasteiger partial charge >= 0.3 is 11.9 Å². The number of esters is 2. The van der Waals surface area contributed by atoms with Crippen LogP contribution in [-0.4, -0.2) is 153 Å². The van der Waals surface area contributed by atoms with Gasteiger partial charge in [0.15, 0.2) is 46.0 Å². The lowest BCUT2D eigenvalue weighted by molar-refractivity contribution is -0.941. The summed E-state index contributed by atoms with van der Waals surface area (Å²) in [4.78, 5) is 25.9. The quantitative estimate of drug-likeness (QED) is 0.0279. The highest BCUT2D eigenvalue weighted by Gasteiger charge is 2.44. The smallest absolute Gasteiger partial charge is 0.331 e. The van der Waals surface area contributed by atoms with E-state index in [1.54, 1.807) is 78.2 Å². The molecule has 0 spiro atoms. The van der Waals surface area contributed by atoms with Gasteiger partial charge in [-0.3, -0.25) is 0 Å². The van der Waals surface area contributed by atoms with Crippen LogP contribution >= 0.6 is 0 Å². The molecule has 4 unspecified atom stereocenters. The van der Waals surface area contributed by atoms with E-state index in [1.807, 2.05) is 42.5 Å². The van der Waals surface area contributed by atoms with Gasteiger partial charge in [-0.1, -0.05) is 6.07 Å². The van der Waals surface area contributed by atoms with E-state index in [-0.39, 0.29) is 25.3 Å². The Morgan fingerprint density at radius 1 is 0.458 bits per heavy atom. The zero-order chi connectivity index (χ0) is 52.2. The van der Waals surface area contributed by atoms with Gasteiger partial charge in [-0.25, -0.2) is 9.59 Å². The maximum absolute atomic E-state index is 13.0. The molecule has 0 fully saturated rings. The van der Waals surface area contributed by atoms with Gasteiger partial charge in [-0.05, 0) is 58.7 Å². The van der Waals surface area contributed by atoms with Crippen LogP contribution in [0.2, 0.25) is 0 Å². The molecular formula is C55H74N2O15+2. The molecule has 17 nitrogen and oxygen atoms in total. The summed E-state index contributed by atoms with van der Waals surface area (Å²) in [5.41, 5.74) is 6.33. The molecule has 2 aliphatic heterocycles. The molecule has 0 bridgehead atoms. The van der Waals surface area contributed by atoms with Crippen LogP contribution in [0, 0.1) is 0 Å². The summed E-state index contributed by atoms with van der Waals surface area (Å²) in [6.07, 6.45) is 6.14. The molecule has 0 aromatic heterocycles. The molecule has 392 valence electrons. The molecule has 4 atom stereocenters. The van der Waals surface area contributed by atoms with E-state index in [1.165, 1.54) is 0 Å². The van der Waals surface area contributed by atoms with Crippen LogP contribution in [0.25, 0.3) is 0 Å². The second kappa shape index (κ2) is 24.6. The van der Waals surface area contributed by atoms with Gasteiger partial charge < -0.3 is 70.5 Å². The molecule has 0 saturated heterocycles. The zero-order valence-electron chi connectivity index (χ0n) is 44.4. The molecule has 0 aliphatic carbocycles. The Morgan fingerprint density at radius 2 is 0.833 bits per heavy atom. The van der Waals surface area contributed by atoms with Crippen molar-refractivity contribution in [2.75, 3.05) is 132 Å². The van der Waals surface area contributed by atoms with Crippen LogP contribution in [-0.2, 0) is 44.7 Å². The molecule has 0 amide bonds. The number of methoxy groups -OCH3 is 11. The van der Waals surface area contributed by atoms with E-state index in [4.69, 9.17) is 61.6 Å². The molecule has 0 saturated carbocycles. The fraction of sp³-hybridized carbons (Fsp3) is 0.491. The summed E-state index contributed by atoms with van der Waals surface area (Å²) in [6, 6.07) is 13.8. The SMILES string of the molecule is COc1ccc(CC2c3c(cc(OC)c(OC)c3OC)CC[N+]2(C)CCCOC(=O)/C=C/C(=O)OCCC[N+]2(C)CCc3cc(OC)c(OC)c(OC)c3C2Cc2cc(OC)c(OC)c(OC)c2)cc1OC. The van der Waals surface area contributed by atoms with Crippen molar-refractivity contribution in [3.05, 3.63) is 88.0 Å². The summed E-state index contributed by atoms with van der Waals surface area (Å²) < 4.78 is 76.0. The Morgan fingerprint density at radius 3 is 1.22 bits per heavy atom. The van der Waals surface area contributed by atoms with Crippen LogP contribution in [0.5, 0.6) is 63.2 Å². The average Bonchev–Trinajstić information content (AvgIpc) is 3.40. The number of carbonyl (C=O) groups excluding carboxylic acids is 2. The van der Waals surface area contributed by atoms with Gasteiger partial charge in [0.25, 0.3) is 0 Å². The Labute approximate surface area is 424 Å². The van der Waals surface area contributed by atoms with Gasteiger partial charge in [-0.15, -0.1) is 0 Å². The van der Waals surface area contributed by atoms with Crippen LogP contribution in [0.15, 0.2) is 54.6 Å². The van der Waals surface area contributed by atoms with Gasteiger partial charge in [0.1, 0.15) is 12.1 Å². The molecular weight excluding hydrogens is 929 g/mol. The highest BCUT2D eigenvalue weighted by molar-refractivity contribution is 5.91. The minimum absolute atomic E-state index is 0.0645. The lowest BCUT2D eigenvalue weighted by atomic mass is 9.85. The molecule has 4 aromatic rings. The fourth-order valence-electron chi connectivity index (χ4n) is 10.6. The van der Waals surface area contributed by atoms with E-state index < -0.39 is 11.9 Å². The Bertz CT molecular complexity index is 2540. The summed E-state index contributed by atoms with van der Waals surface area (Å²) in [5, 5.41) is 0. The van der Waals surface area contributed by atoms with Crippen LogP contribution in [0.1, 0.15) is 58.3 Å². The van der Waals surface area contributed by atoms with E-state index in [0.717, 1.165) is 71.5 Å². The predicted molar refractivity (Wildman–Crippen MR) is 270 cm³/mol. The number of likely N-dealkylation sites (N-methyl/N-ethyl adjacent to an activating group) is 2. The summed E-state index contributed by atoms with van der Waals surface area (Å²) in [7, 11) is 22.2. The second-order valence-corrected chi connectivity index (χ2v) is 18.3. The molecule has 6 rings (SSSR count). The third-order valence-electron chi connectivity index (χ3n) is 14.4. The number of quaternary nitrogens is 2. The number of ether oxygens (including phenoxy) is 13. The fourth-order valence-corrected chi connectivity index (χ4v) is 10.6. The number of hydrogen-bond acceptors (Lipinski definition) is 15. The lowest BCUT2D eigenvalue weighted by Crippen LogP contribution is -2.53. The minimum atomic E-state index is -0.630. The first-order valence-corrected chi connectivity index (χ1v) is 24.1. The standard InChI is InChI=1S/C55H74N2O15/c1-56(24-20-37-33-45(64-7)52(67-10)54(69-12)49(37)39(56)28-35-16-17-41(60-3)42(30-35)61-4)22-14-26-71-47(58)18-19-48(59)72-27-15-23-57(2)25-21-38-34-46(65-8)53(68-11)55(70-13)50(38)40(57)29-36-31-43(62-5)51(66-9)44(32-36)63-6/h16-19,30-34,39-40H,14-15,20-29H2,1-13H3/q+2/b19-18+. The Hall–Kier alpha value is -6.72. The zero-order valence-corrected chi connectivity index (χ0v) is 44.4. The first-order chi connectivity index (χ1) is 34.7. The highest BCUT2D eigenvalue weighted by atomic mass is 16.6. The largest absolute Gasteiger partial charge is 0.493 e. The summed E-state index contributed by atoms with van der Waals surface area (Å²) >= 11 is 0. The molecule has 0 N–H and O–H groups in total. The number of carbonyl (C=O) groups is 2. The first-order valence-electron chi connectivity index (χ1n) is 24.1. The van der Waals surface area contributed by atoms with E-state index in [2.05, 4.69) is 14.1 Å². The first kappa shape index (κ1) is 54.6. The van der Waals surface area contributed by atoms with Crippen molar-refractivity contribution in [3.63, 3.8) is 0 Å². The number of fused-ring (bicyclic) bond motifs is 2. The number of benzene rings is 4. The Kier molecular flexibility index (Phi) is 18.7. The molecule has 0 radical (unpaired) electrons. The van der Waals surface area contributed by atoms with Crippen molar-refractivity contribution in [1.82, 2.24) is 0 Å². The Balaban J connectivity index is 1.10. The molecule has 2 aliphatic rings. The van der Waals surface area contributed by atoms with E-state index in [0.29, 0.717) is 111 Å². The van der Waals surface area contributed by atoms with Crippen LogP contribution < -0.4 is 52.1 Å². The molecule has 17 heteroatoms. The third kappa shape index (κ3) is 11.6. The second-order valence-electron chi connectivity index (χ2n) is 18.3.